The average Bonchev–Trinajstić information content (AvgIpc) is 2.52. The highest BCUT2D eigenvalue weighted by Gasteiger charge is 2.33. The minimum atomic E-state index is -0.972. The molecule has 6 nitrogen and oxygen atoms in total. The number of carbonyl (C=O) groups excluding carboxylic acids is 2. The van der Waals surface area contributed by atoms with E-state index in [0.717, 1.165) is 0 Å². The van der Waals surface area contributed by atoms with Crippen LogP contribution in [0.1, 0.15) is 54.8 Å². The van der Waals surface area contributed by atoms with Crippen molar-refractivity contribution in [2.75, 3.05) is 13.6 Å². The molecule has 24 heavy (non-hydrogen) atoms. The largest absolute Gasteiger partial charge is 0.481 e. The summed E-state index contributed by atoms with van der Waals surface area (Å²) in [6.07, 6.45) is -0.173. The lowest BCUT2D eigenvalue weighted by Crippen LogP contribution is -2.51. The van der Waals surface area contributed by atoms with Crippen molar-refractivity contribution in [3.05, 3.63) is 35.4 Å². The highest BCUT2D eigenvalue weighted by Crippen LogP contribution is 2.22. The van der Waals surface area contributed by atoms with Crippen LogP contribution in [0.3, 0.4) is 0 Å². The summed E-state index contributed by atoms with van der Waals surface area (Å²) in [6.45, 7) is 7.87. The van der Waals surface area contributed by atoms with Crippen molar-refractivity contribution in [3.8, 4) is 0 Å². The molecule has 0 spiro atoms. The highest BCUT2D eigenvalue weighted by molar-refractivity contribution is 6.00. The van der Waals surface area contributed by atoms with Crippen LogP contribution in [0.25, 0.3) is 0 Å². The monoisotopic (exact) mass is 334 g/mol. The van der Waals surface area contributed by atoms with Gasteiger partial charge < -0.3 is 15.3 Å². The summed E-state index contributed by atoms with van der Waals surface area (Å²) in [4.78, 5) is 37.4. The van der Waals surface area contributed by atoms with Crippen LogP contribution in [-0.4, -0.2) is 46.9 Å². The van der Waals surface area contributed by atoms with Gasteiger partial charge in [0.25, 0.3) is 11.8 Å². The van der Waals surface area contributed by atoms with Crippen molar-refractivity contribution in [2.24, 2.45) is 5.92 Å². The number of hydrogen-bond acceptors (Lipinski definition) is 3. The quantitative estimate of drug-likeness (QED) is 0.801. The SMILES string of the molecule is CCN(C)C(=O)c1cccc(C(=O)NC(C)(CC(=O)O)C(C)C)c1. The van der Waals surface area contributed by atoms with Crippen LogP contribution in [0.15, 0.2) is 24.3 Å². The third-order valence-corrected chi connectivity index (χ3v) is 4.38. The number of hydrogen-bond donors (Lipinski definition) is 2. The molecule has 0 bridgehead atoms. The highest BCUT2D eigenvalue weighted by atomic mass is 16.4. The van der Waals surface area contributed by atoms with Crippen LogP contribution in [0.2, 0.25) is 0 Å². The van der Waals surface area contributed by atoms with Gasteiger partial charge in [-0.05, 0) is 38.0 Å². The predicted octanol–water partition coefficient (Wildman–Crippen LogP) is 2.40. The minimum Gasteiger partial charge on any atom is -0.481 e. The molecule has 6 heteroatoms. The third-order valence-electron chi connectivity index (χ3n) is 4.38. The first kappa shape index (κ1) is 19.7. The van der Waals surface area contributed by atoms with E-state index in [0.29, 0.717) is 17.7 Å². The van der Waals surface area contributed by atoms with Crippen molar-refractivity contribution < 1.29 is 19.5 Å². The Morgan fingerprint density at radius 1 is 1.25 bits per heavy atom. The number of nitrogens with zero attached hydrogens (tertiary/aromatic N) is 1. The number of aliphatic carboxylic acids is 1. The van der Waals surface area contributed by atoms with Gasteiger partial charge in [-0.3, -0.25) is 14.4 Å². The fourth-order valence-corrected chi connectivity index (χ4v) is 2.20. The van der Waals surface area contributed by atoms with Gasteiger partial charge in [-0.2, -0.15) is 0 Å². The lowest BCUT2D eigenvalue weighted by Gasteiger charge is -2.33. The van der Waals surface area contributed by atoms with Crippen molar-refractivity contribution >= 4 is 17.8 Å². The topological polar surface area (TPSA) is 86.7 Å². The Labute approximate surface area is 142 Å². The maximum Gasteiger partial charge on any atom is 0.305 e. The van der Waals surface area contributed by atoms with Crippen LogP contribution in [-0.2, 0) is 4.79 Å². The van der Waals surface area contributed by atoms with Crippen LogP contribution < -0.4 is 5.32 Å². The fraction of sp³-hybridized carbons (Fsp3) is 0.500. The summed E-state index contributed by atoms with van der Waals surface area (Å²) in [5, 5.41) is 11.9. The maximum absolute atomic E-state index is 12.5. The van der Waals surface area contributed by atoms with Gasteiger partial charge in [0.1, 0.15) is 0 Å². The summed E-state index contributed by atoms with van der Waals surface area (Å²) < 4.78 is 0. The molecule has 1 aromatic carbocycles. The molecule has 132 valence electrons. The van der Waals surface area contributed by atoms with Gasteiger partial charge in [-0.15, -0.1) is 0 Å². The van der Waals surface area contributed by atoms with Gasteiger partial charge in [0.05, 0.1) is 12.0 Å². The first-order valence-electron chi connectivity index (χ1n) is 8.00. The average molecular weight is 334 g/mol. The van der Waals surface area contributed by atoms with Gasteiger partial charge >= 0.3 is 5.97 Å². The normalized spacial score (nSPS) is 13.2. The van der Waals surface area contributed by atoms with Crippen LogP contribution in [0, 0.1) is 5.92 Å². The lowest BCUT2D eigenvalue weighted by atomic mass is 9.85. The molecule has 0 radical (unpaired) electrons. The van der Waals surface area contributed by atoms with E-state index in [9.17, 15) is 14.4 Å². The second kappa shape index (κ2) is 7.95. The Balaban J connectivity index is 3.03. The van der Waals surface area contributed by atoms with Gasteiger partial charge in [-0.25, -0.2) is 0 Å². The fourth-order valence-electron chi connectivity index (χ4n) is 2.20. The first-order chi connectivity index (χ1) is 11.1. The molecular formula is C18H26N2O4. The molecule has 0 aliphatic carbocycles. The number of rotatable bonds is 7. The van der Waals surface area contributed by atoms with Crippen LogP contribution in [0.5, 0.6) is 0 Å². The number of amides is 2. The maximum atomic E-state index is 12.5. The standard InChI is InChI=1S/C18H26N2O4/c1-6-20(5)17(24)14-9-7-8-13(10-14)16(23)19-18(4,12(2)3)11-15(21)22/h7-10,12H,6,11H2,1-5H3,(H,19,23)(H,21,22). The summed E-state index contributed by atoms with van der Waals surface area (Å²) >= 11 is 0. The smallest absolute Gasteiger partial charge is 0.305 e. The molecule has 0 fully saturated rings. The summed E-state index contributed by atoms with van der Waals surface area (Å²) in [6, 6.07) is 6.45. The number of carbonyl (C=O) groups is 3. The molecule has 1 atom stereocenters. The Morgan fingerprint density at radius 2 is 1.83 bits per heavy atom. The van der Waals surface area contributed by atoms with Crippen LogP contribution in [0.4, 0.5) is 0 Å². The van der Waals surface area contributed by atoms with Crippen molar-refractivity contribution in [1.29, 1.82) is 0 Å². The van der Waals surface area contributed by atoms with E-state index in [2.05, 4.69) is 5.32 Å². The van der Waals surface area contributed by atoms with Gasteiger partial charge in [-0.1, -0.05) is 19.9 Å². The van der Waals surface area contributed by atoms with Crippen LogP contribution >= 0.6 is 0 Å². The van der Waals surface area contributed by atoms with Gasteiger partial charge in [0.2, 0.25) is 0 Å². The molecule has 0 aliphatic heterocycles. The number of nitrogens with one attached hydrogen (secondary N) is 1. The number of carboxylic acid groups (broad SMARTS) is 1. The molecule has 0 saturated carbocycles. The predicted molar refractivity (Wildman–Crippen MR) is 92.0 cm³/mol. The zero-order valence-corrected chi connectivity index (χ0v) is 14.9. The van der Waals surface area contributed by atoms with Gasteiger partial charge in [0, 0.05) is 24.7 Å². The molecule has 1 unspecified atom stereocenters. The molecule has 1 aromatic rings. The molecule has 0 heterocycles. The van der Waals surface area contributed by atoms with E-state index >= 15 is 0 Å². The molecule has 0 saturated heterocycles. The van der Waals surface area contributed by atoms with E-state index in [4.69, 9.17) is 5.11 Å². The van der Waals surface area contributed by atoms with E-state index in [1.165, 1.54) is 6.07 Å². The zero-order chi connectivity index (χ0) is 18.5. The Morgan fingerprint density at radius 3 is 2.33 bits per heavy atom. The third kappa shape index (κ3) is 4.81. The molecule has 1 rings (SSSR count). The summed E-state index contributed by atoms with van der Waals surface area (Å²) in [5.74, 6) is -1.58. The minimum absolute atomic E-state index is 0.0615. The number of benzene rings is 1. The van der Waals surface area contributed by atoms with E-state index < -0.39 is 11.5 Å². The molecular weight excluding hydrogens is 308 g/mol. The molecule has 0 aliphatic rings. The summed E-state index contributed by atoms with van der Waals surface area (Å²) in [7, 11) is 1.69. The molecule has 0 aromatic heterocycles. The lowest BCUT2D eigenvalue weighted by molar-refractivity contribution is -0.138. The van der Waals surface area contributed by atoms with E-state index in [1.54, 1.807) is 37.1 Å². The number of carboxylic acids is 1. The first-order valence-corrected chi connectivity index (χ1v) is 8.00. The Kier molecular flexibility index (Phi) is 6.51. The second-order valence-electron chi connectivity index (χ2n) is 6.50. The van der Waals surface area contributed by atoms with Gasteiger partial charge in [0.15, 0.2) is 0 Å². The van der Waals surface area contributed by atoms with Crippen molar-refractivity contribution in [3.63, 3.8) is 0 Å². The molecule has 2 amide bonds. The zero-order valence-electron chi connectivity index (χ0n) is 14.9. The second-order valence-corrected chi connectivity index (χ2v) is 6.50. The van der Waals surface area contributed by atoms with Crippen molar-refractivity contribution in [1.82, 2.24) is 10.2 Å². The van der Waals surface area contributed by atoms with Crippen molar-refractivity contribution in [2.45, 2.75) is 39.7 Å². The Hall–Kier alpha value is -2.37. The Bertz CT molecular complexity index is 627. The van der Waals surface area contributed by atoms with E-state index in [1.807, 2.05) is 20.8 Å². The summed E-state index contributed by atoms with van der Waals surface area (Å²) in [5.41, 5.74) is -0.109. The molecule has 2 N–H and O–H groups in total. The van der Waals surface area contributed by atoms with E-state index in [-0.39, 0.29) is 24.2 Å².